The average molecular weight is 228 g/mol. The smallest absolute Gasteiger partial charge is 0.341 e. The lowest BCUT2D eigenvalue weighted by Crippen LogP contribution is -2.15. The van der Waals surface area contributed by atoms with Gasteiger partial charge in [-0.05, 0) is 19.1 Å². The van der Waals surface area contributed by atoms with Crippen molar-refractivity contribution in [3.05, 3.63) is 28.8 Å². The normalized spacial score (nSPS) is 9.87. The van der Waals surface area contributed by atoms with E-state index in [0.29, 0.717) is 17.2 Å². The molecule has 3 nitrogen and oxygen atoms in total. The molecule has 0 bridgehead atoms. The predicted octanol–water partition coefficient (Wildman–Crippen LogP) is 2.58. The van der Waals surface area contributed by atoms with E-state index in [-0.39, 0.29) is 5.97 Å². The lowest BCUT2D eigenvalue weighted by molar-refractivity contribution is 0.0527. The molecule has 0 radical (unpaired) electrons. The van der Waals surface area contributed by atoms with Gasteiger partial charge in [-0.25, -0.2) is 4.79 Å². The van der Waals surface area contributed by atoms with Crippen molar-refractivity contribution in [3.63, 3.8) is 0 Å². The standard InChI is InChI=1S/C11H14ClNO2/c1-4-15-11(14)10-8(12)6-5-7-9(10)13(2)3/h5-7H,4H2,1-3H3. The monoisotopic (exact) mass is 227 g/mol. The predicted molar refractivity (Wildman–Crippen MR) is 61.7 cm³/mol. The number of esters is 1. The van der Waals surface area contributed by atoms with E-state index in [0.717, 1.165) is 5.69 Å². The van der Waals surface area contributed by atoms with Gasteiger partial charge in [0, 0.05) is 14.1 Å². The Labute approximate surface area is 94.6 Å². The van der Waals surface area contributed by atoms with Crippen LogP contribution in [-0.2, 0) is 4.74 Å². The molecule has 0 atom stereocenters. The zero-order valence-corrected chi connectivity index (χ0v) is 9.84. The van der Waals surface area contributed by atoms with Crippen molar-refractivity contribution in [1.82, 2.24) is 0 Å². The molecule has 0 unspecified atom stereocenters. The van der Waals surface area contributed by atoms with Gasteiger partial charge in [-0.2, -0.15) is 0 Å². The largest absolute Gasteiger partial charge is 0.462 e. The second kappa shape index (κ2) is 5.03. The highest BCUT2D eigenvalue weighted by atomic mass is 35.5. The summed E-state index contributed by atoms with van der Waals surface area (Å²) in [5, 5.41) is 0.416. The summed E-state index contributed by atoms with van der Waals surface area (Å²) in [5.74, 6) is -0.383. The highest BCUT2D eigenvalue weighted by molar-refractivity contribution is 6.34. The Balaban J connectivity index is 3.18. The SMILES string of the molecule is CCOC(=O)c1c(Cl)cccc1N(C)C. The number of nitrogens with zero attached hydrogens (tertiary/aromatic N) is 1. The summed E-state index contributed by atoms with van der Waals surface area (Å²) in [5.41, 5.74) is 1.19. The molecule has 0 aliphatic rings. The Morgan fingerprint density at radius 1 is 1.47 bits per heavy atom. The summed E-state index contributed by atoms with van der Waals surface area (Å²) in [4.78, 5) is 13.5. The summed E-state index contributed by atoms with van der Waals surface area (Å²) < 4.78 is 4.95. The van der Waals surface area contributed by atoms with E-state index in [4.69, 9.17) is 16.3 Å². The van der Waals surface area contributed by atoms with Crippen LogP contribution in [-0.4, -0.2) is 26.7 Å². The number of hydrogen-bond acceptors (Lipinski definition) is 3. The first-order valence-corrected chi connectivity index (χ1v) is 5.08. The minimum Gasteiger partial charge on any atom is -0.462 e. The minimum absolute atomic E-state index is 0.344. The number of hydrogen-bond donors (Lipinski definition) is 0. The maximum absolute atomic E-state index is 11.7. The van der Waals surface area contributed by atoms with Gasteiger partial charge in [0.1, 0.15) is 5.56 Å². The van der Waals surface area contributed by atoms with E-state index in [1.807, 2.05) is 25.1 Å². The fourth-order valence-corrected chi connectivity index (χ4v) is 1.54. The molecule has 0 aromatic heterocycles. The van der Waals surface area contributed by atoms with E-state index in [1.54, 1.807) is 19.1 Å². The van der Waals surface area contributed by atoms with Crippen LogP contribution >= 0.6 is 11.6 Å². The molecule has 0 saturated carbocycles. The average Bonchev–Trinajstić information content (AvgIpc) is 2.17. The Bertz CT molecular complexity index is 364. The van der Waals surface area contributed by atoms with Gasteiger partial charge < -0.3 is 9.64 Å². The second-order valence-corrected chi connectivity index (χ2v) is 3.66. The van der Waals surface area contributed by atoms with Crippen LogP contribution in [0.4, 0.5) is 5.69 Å². The highest BCUT2D eigenvalue weighted by Gasteiger charge is 2.17. The molecule has 0 fully saturated rings. The number of benzene rings is 1. The van der Waals surface area contributed by atoms with Gasteiger partial charge >= 0.3 is 5.97 Å². The molecule has 0 saturated heterocycles. The third kappa shape index (κ3) is 2.63. The number of halogens is 1. The van der Waals surface area contributed by atoms with E-state index in [2.05, 4.69) is 0 Å². The van der Waals surface area contributed by atoms with E-state index in [9.17, 15) is 4.79 Å². The van der Waals surface area contributed by atoms with Crippen LogP contribution in [0.2, 0.25) is 5.02 Å². The molecule has 4 heteroatoms. The molecule has 0 aliphatic heterocycles. The maximum atomic E-state index is 11.7. The molecule has 0 aliphatic carbocycles. The minimum atomic E-state index is -0.383. The highest BCUT2D eigenvalue weighted by Crippen LogP contribution is 2.26. The van der Waals surface area contributed by atoms with E-state index >= 15 is 0 Å². The number of ether oxygens (including phenoxy) is 1. The van der Waals surface area contributed by atoms with Crippen LogP contribution in [0.15, 0.2) is 18.2 Å². The molecule has 0 spiro atoms. The Kier molecular flexibility index (Phi) is 3.97. The van der Waals surface area contributed by atoms with Gasteiger partial charge in [0.25, 0.3) is 0 Å². The first-order chi connectivity index (χ1) is 7.07. The molecular weight excluding hydrogens is 214 g/mol. The van der Waals surface area contributed by atoms with Crippen LogP contribution in [0.5, 0.6) is 0 Å². The number of carbonyl (C=O) groups is 1. The molecule has 0 heterocycles. The molecule has 0 amide bonds. The molecule has 0 N–H and O–H groups in total. The van der Waals surface area contributed by atoms with Crippen LogP contribution in [0.25, 0.3) is 0 Å². The fourth-order valence-electron chi connectivity index (χ4n) is 1.29. The van der Waals surface area contributed by atoms with Crippen molar-refractivity contribution in [2.75, 3.05) is 25.6 Å². The molecule has 1 rings (SSSR count). The zero-order valence-electron chi connectivity index (χ0n) is 9.08. The molecule has 1 aromatic carbocycles. The Morgan fingerprint density at radius 2 is 2.13 bits per heavy atom. The van der Waals surface area contributed by atoms with Crippen molar-refractivity contribution < 1.29 is 9.53 Å². The van der Waals surface area contributed by atoms with Gasteiger partial charge in [0.15, 0.2) is 0 Å². The number of rotatable bonds is 3. The molecule has 82 valence electrons. The third-order valence-electron chi connectivity index (χ3n) is 1.95. The summed E-state index contributed by atoms with van der Waals surface area (Å²) in [7, 11) is 3.71. The van der Waals surface area contributed by atoms with Gasteiger partial charge in [-0.15, -0.1) is 0 Å². The van der Waals surface area contributed by atoms with Gasteiger partial charge in [0.05, 0.1) is 17.3 Å². The summed E-state index contributed by atoms with van der Waals surface area (Å²) in [6.07, 6.45) is 0. The van der Waals surface area contributed by atoms with E-state index in [1.165, 1.54) is 0 Å². The van der Waals surface area contributed by atoms with Crippen LogP contribution < -0.4 is 4.90 Å². The lowest BCUT2D eigenvalue weighted by atomic mass is 10.1. The second-order valence-electron chi connectivity index (χ2n) is 3.25. The van der Waals surface area contributed by atoms with Crippen molar-refractivity contribution in [2.45, 2.75) is 6.92 Å². The Hall–Kier alpha value is -1.22. The van der Waals surface area contributed by atoms with Crippen molar-refractivity contribution >= 4 is 23.3 Å². The number of carbonyl (C=O) groups excluding carboxylic acids is 1. The van der Waals surface area contributed by atoms with Crippen molar-refractivity contribution in [2.24, 2.45) is 0 Å². The fraction of sp³-hybridized carbons (Fsp3) is 0.364. The lowest BCUT2D eigenvalue weighted by Gasteiger charge is -2.17. The van der Waals surface area contributed by atoms with Crippen LogP contribution in [0.3, 0.4) is 0 Å². The van der Waals surface area contributed by atoms with Crippen molar-refractivity contribution in [3.8, 4) is 0 Å². The maximum Gasteiger partial charge on any atom is 0.341 e. The quantitative estimate of drug-likeness (QED) is 0.744. The Morgan fingerprint density at radius 3 is 2.67 bits per heavy atom. The third-order valence-corrected chi connectivity index (χ3v) is 2.27. The summed E-state index contributed by atoms with van der Waals surface area (Å²) in [6.45, 7) is 2.11. The molecule has 1 aromatic rings. The topological polar surface area (TPSA) is 29.5 Å². The number of anilines is 1. The van der Waals surface area contributed by atoms with Gasteiger partial charge in [-0.1, -0.05) is 17.7 Å². The first-order valence-electron chi connectivity index (χ1n) is 4.71. The molecular formula is C11H14ClNO2. The first kappa shape index (κ1) is 11.9. The van der Waals surface area contributed by atoms with Gasteiger partial charge in [0.2, 0.25) is 0 Å². The van der Waals surface area contributed by atoms with Crippen LogP contribution in [0.1, 0.15) is 17.3 Å². The van der Waals surface area contributed by atoms with Crippen molar-refractivity contribution in [1.29, 1.82) is 0 Å². The van der Waals surface area contributed by atoms with Gasteiger partial charge in [-0.3, -0.25) is 0 Å². The molecule has 15 heavy (non-hydrogen) atoms. The zero-order chi connectivity index (χ0) is 11.4. The summed E-state index contributed by atoms with van der Waals surface area (Å²) >= 11 is 5.98. The van der Waals surface area contributed by atoms with Crippen LogP contribution in [0, 0.1) is 0 Å². The van der Waals surface area contributed by atoms with E-state index < -0.39 is 0 Å². The summed E-state index contributed by atoms with van der Waals surface area (Å²) in [6, 6.07) is 5.32.